The fourth-order valence-electron chi connectivity index (χ4n) is 3.16. The monoisotopic (exact) mass is 394 g/mol. The predicted molar refractivity (Wildman–Crippen MR) is 113 cm³/mol. The van der Waals surface area contributed by atoms with Gasteiger partial charge in [0, 0.05) is 32.1 Å². The maximum atomic E-state index is 13.0. The number of rotatable bonds is 8. The molecule has 7 heteroatoms. The van der Waals surface area contributed by atoms with Gasteiger partial charge in [-0.1, -0.05) is 38.1 Å². The minimum atomic E-state index is -0.347. The van der Waals surface area contributed by atoms with Crippen molar-refractivity contribution in [2.24, 2.45) is 0 Å². The number of benzene rings is 1. The molecule has 0 radical (unpaired) electrons. The number of hydrogen-bond donors (Lipinski definition) is 2. The molecule has 0 saturated heterocycles. The van der Waals surface area contributed by atoms with E-state index in [1.807, 2.05) is 30.3 Å². The lowest BCUT2D eigenvalue weighted by Gasteiger charge is -2.13. The molecule has 152 valence electrons. The Kier molecular flexibility index (Phi) is 6.61. The van der Waals surface area contributed by atoms with E-state index in [1.54, 1.807) is 29.8 Å². The topological polar surface area (TPSA) is 84.7 Å². The molecule has 2 aromatic heterocycles. The molecule has 0 unspecified atom stereocenters. The third kappa shape index (κ3) is 4.63. The van der Waals surface area contributed by atoms with Gasteiger partial charge in [-0.3, -0.25) is 14.0 Å². The first-order valence-corrected chi connectivity index (χ1v) is 9.67. The van der Waals surface area contributed by atoms with E-state index in [0.717, 1.165) is 11.3 Å². The molecule has 29 heavy (non-hydrogen) atoms. The molecule has 0 fully saturated rings. The number of carbonyl (C=O) groups excluding carboxylic acids is 2. The Morgan fingerprint density at radius 2 is 1.86 bits per heavy atom. The van der Waals surface area contributed by atoms with Crippen LogP contribution < -0.4 is 10.6 Å². The van der Waals surface area contributed by atoms with Crippen molar-refractivity contribution in [1.29, 1.82) is 0 Å². The van der Waals surface area contributed by atoms with Crippen molar-refractivity contribution in [3.8, 4) is 0 Å². The summed E-state index contributed by atoms with van der Waals surface area (Å²) in [6, 6.07) is 13.1. The lowest BCUT2D eigenvalue weighted by molar-refractivity contribution is 0.0937. The quantitative estimate of drug-likeness (QED) is 0.573. The van der Waals surface area contributed by atoms with Gasteiger partial charge in [0.05, 0.1) is 5.52 Å². The Hall–Kier alpha value is -3.19. The molecule has 2 heterocycles. The van der Waals surface area contributed by atoms with E-state index in [-0.39, 0.29) is 29.3 Å². The van der Waals surface area contributed by atoms with Gasteiger partial charge in [0.25, 0.3) is 11.8 Å². The molecule has 0 bridgehead atoms. The molecule has 3 rings (SSSR count). The van der Waals surface area contributed by atoms with E-state index >= 15 is 0 Å². The summed E-state index contributed by atoms with van der Waals surface area (Å²) in [5.74, 6) is -0.233. The summed E-state index contributed by atoms with van der Waals surface area (Å²) in [4.78, 5) is 30.0. The second-order valence-electron chi connectivity index (χ2n) is 7.04. The largest absolute Gasteiger partial charge is 0.385 e. The van der Waals surface area contributed by atoms with E-state index in [4.69, 9.17) is 4.74 Å². The summed E-state index contributed by atoms with van der Waals surface area (Å²) in [6.45, 7) is 5.18. The van der Waals surface area contributed by atoms with Crippen LogP contribution in [0.15, 0.2) is 48.7 Å². The third-order valence-electron chi connectivity index (χ3n) is 4.61. The number of nitrogens with zero attached hydrogens (tertiary/aromatic N) is 2. The van der Waals surface area contributed by atoms with E-state index in [1.165, 1.54) is 0 Å². The van der Waals surface area contributed by atoms with E-state index in [9.17, 15) is 9.59 Å². The van der Waals surface area contributed by atoms with Crippen LogP contribution in [0.1, 0.15) is 52.9 Å². The molecule has 0 aliphatic heterocycles. The summed E-state index contributed by atoms with van der Waals surface area (Å²) < 4.78 is 6.63. The molecule has 7 nitrogen and oxygen atoms in total. The van der Waals surface area contributed by atoms with Crippen molar-refractivity contribution in [3.63, 3.8) is 0 Å². The molecule has 3 aromatic rings. The summed E-state index contributed by atoms with van der Waals surface area (Å²) in [7, 11) is 1.62. The van der Waals surface area contributed by atoms with Crippen LogP contribution >= 0.6 is 0 Å². The van der Waals surface area contributed by atoms with Gasteiger partial charge in [0.15, 0.2) is 5.69 Å². The molecule has 2 amide bonds. The highest BCUT2D eigenvalue weighted by molar-refractivity contribution is 6.09. The highest BCUT2D eigenvalue weighted by atomic mass is 16.5. The van der Waals surface area contributed by atoms with Crippen LogP contribution in [0.4, 0.5) is 5.69 Å². The molecule has 1 aromatic carbocycles. The number of nitrogens with one attached hydrogen (secondary N) is 2. The number of methoxy groups -OCH3 is 1. The number of ether oxygens (including phenoxy) is 1. The fourth-order valence-corrected chi connectivity index (χ4v) is 3.16. The normalized spacial score (nSPS) is 11.0. The number of aromatic nitrogens is 2. The van der Waals surface area contributed by atoms with Crippen molar-refractivity contribution >= 4 is 23.0 Å². The van der Waals surface area contributed by atoms with Crippen molar-refractivity contribution < 1.29 is 14.3 Å². The second-order valence-corrected chi connectivity index (χ2v) is 7.04. The fraction of sp³-hybridized carbons (Fsp3) is 0.318. The average Bonchev–Trinajstić information content (AvgIpc) is 3.11. The van der Waals surface area contributed by atoms with Crippen LogP contribution in [-0.2, 0) is 4.74 Å². The van der Waals surface area contributed by atoms with Gasteiger partial charge in [0.2, 0.25) is 5.82 Å². The van der Waals surface area contributed by atoms with Crippen LogP contribution in [0, 0.1) is 0 Å². The molecule has 0 spiro atoms. The van der Waals surface area contributed by atoms with Crippen molar-refractivity contribution in [3.05, 3.63) is 65.7 Å². The SMILES string of the molecule is COCCCNC(=O)c1nc(C(=O)Nc2ccccc2C(C)C)c2ccccn12. The average molecular weight is 394 g/mol. The Labute approximate surface area is 170 Å². The van der Waals surface area contributed by atoms with Crippen molar-refractivity contribution in [2.75, 3.05) is 25.6 Å². The number of pyridine rings is 1. The van der Waals surface area contributed by atoms with Gasteiger partial charge in [-0.05, 0) is 36.1 Å². The van der Waals surface area contributed by atoms with Gasteiger partial charge in [-0.2, -0.15) is 0 Å². The Morgan fingerprint density at radius 1 is 1.10 bits per heavy atom. The van der Waals surface area contributed by atoms with Crippen LogP contribution in [0.25, 0.3) is 5.52 Å². The summed E-state index contributed by atoms with van der Waals surface area (Å²) in [6.07, 6.45) is 2.43. The van der Waals surface area contributed by atoms with Gasteiger partial charge >= 0.3 is 0 Å². The summed E-state index contributed by atoms with van der Waals surface area (Å²) in [5.41, 5.74) is 2.58. The molecule has 0 aliphatic carbocycles. The van der Waals surface area contributed by atoms with Crippen LogP contribution in [-0.4, -0.2) is 41.5 Å². The maximum absolute atomic E-state index is 13.0. The molecule has 2 N–H and O–H groups in total. The first-order valence-electron chi connectivity index (χ1n) is 9.67. The van der Waals surface area contributed by atoms with Crippen molar-refractivity contribution in [2.45, 2.75) is 26.2 Å². The van der Waals surface area contributed by atoms with E-state index in [0.29, 0.717) is 25.1 Å². The minimum Gasteiger partial charge on any atom is -0.385 e. The lowest BCUT2D eigenvalue weighted by Crippen LogP contribution is -2.27. The van der Waals surface area contributed by atoms with Crippen LogP contribution in [0.2, 0.25) is 0 Å². The number of amides is 2. The number of carbonyl (C=O) groups is 2. The standard InChI is InChI=1S/C22H26N4O3/c1-15(2)16-9-4-5-10-17(16)24-21(27)19-18-11-6-7-13-26(18)20(25-19)22(28)23-12-8-14-29-3/h4-7,9-11,13,15H,8,12,14H2,1-3H3,(H,23,28)(H,24,27). The Morgan fingerprint density at radius 3 is 2.62 bits per heavy atom. The molecular formula is C22H26N4O3. The molecule has 0 atom stereocenters. The summed E-state index contributed by atoms with van der Waals surface area (Å²) >= 11 is 0. The minimum absolute atomic E-state index is 0.181. The molecule has 0 aliphatic rings. The van der Waals surface area contributed by atoms with Crippen molar-refractivity contribution in [1.82, 2.24) is 14.7 Å². The highest BCUT2D eigenvalue weighted by Gasteiger charge is 2.22. The van der Waals surface area contributed by atoms with E-state index < -0.39 is 0 Å². The molecular weight excluding hydrogens is 368 g/mol. The number of para-hydroxylation sites is 1. The van der Waals surface area contributed by atoms with Gasteiger partial charge in [-0.25, -0.2) is 4.98 Å². The zero-order valence-corrected chi connectivity index (χ0v) is 16.9. The van der Waals surface area contributed by atoms with Crippen LogP contribution in [0.3, 0.4) is 0 Å². The van der Waals surface area contributed by atoms with E-state index in [2.05, 4.69) is 29.5 Å². The summed E-state index contributed by atoms with van der Waals surface area (Å²) in [5, 5.41) is 5.77. The number of imidazole rings is 1. The molecule has 0 saturated carbocycles. The zero-order valence-electron chi connectivity index (χ0n) is 16.9. The maximum Gasteiger partial charge on any atom is 0.287 e. The second kappa shape index (κ2) is 9.34. The number of hydrogen-bond acceptors (Lipinski definition) is 4. The highest BCUT2D eigenvalue weighted by Crippen LogP contribution is 2.24. The van der Waals surface area contributed by atoms with Crippen LogP contribution in [0.5, 0.6) is 0 Å². The third-order valence-corrected chi connectivity index (χ3v) is 4.61. The van der Waals surface area contributed by atoms with Gasteiger partial charge < -0.3 is 15.4 Å². The van der Waals surface area contributed by atoms with Gasteiger partial charge in [-0.15, -0.1) is 0 Å². The lowest BCUT2D eigenvalue weighted by atomic mass is 10.0. The Balaban J connectivity index is 1.88. The van der Waals surface area contributed by atoms with Gasteiger partial charge in [0.1, 0.15) is 0 Å². The zero-order chi connectivity index (χ0) is 20.8. The Bertz CT molecular complexity index is 1010. The number of anilines is 1. The number of fused-ring (bicyclic) bond motifs is 1. The first kappa shape index (κ1) is 20.5. The smallest absolute Gasteiger partial charge is 0.287 e. The first-order chi connectivity index (χ1) is 14.0. The predicted octanol–water partition coefficient (Wildman–Crippen LogP) is 3.48.